The molecule has 22 heavy (non-hydrogen) atoms. The van der Waals surface area contributed by atoms with Gasteiger partial charge in [-0.05, 0) is 38.0 Å². The molecule has 1 N–H and O–H groups in total. The van der Waals surface area contributed by atoms with E-state index in [4.69, 9.17) is 5.26 Å². The number of rotatable bonds is 3. The normalized spacial score (nSPS) is 21.7. The average Bonchev–Trinajstić information content (AvgIpc) is 2.83. The predicted molar refractivity (Wildman–Crippen MR) is 75.4 cm³/mol. The molecule has 2 rings (SSSR count). The van der Waals surface area contributed by atoms with Gasteiger partial charge >= 0.3 is 0 Å². The van der Waals surface area contributed by atoms with Crippen LogP contribution in [0.2, 0.25) is 0 Å². The highest BCUT2D eigenvalue weighted by molar-refractivity contribution is 5.78. The number of likely N-dealkylation sites (tertiary alicyclic amines) is 1. The second kappa shape index (κ2) is 6.01. The standard InChI is InChI=1S/C16H18F2N2O2/c1-16(2,9-19)7-15(22)20-8-11(21)6-14(20)10-3-4-12(17)13(18)5-10/h3-5,11,14,21H,6-8H2,1-2H3/t11-,14+/m1/s1. The number of carbonyl (C=O) groups excluding carboxylic acids is 1. The molecule has 1 fully saturated rings. The minimum absolute atomic E-state index is 0.0103. The van der Waals surface area contributed by atoms with Gasteiger partial charge in [-0.2, -0.15) is 5.26 Å². The van der Waals surface area contributed by atoms with Crippen molar-refractivity contribution in [2.45, 2.75) is 38.8 Å². The summed E-state index contributed by atoms with van der Waals surface area (Å²) in [5, 5.41) is 18.9. The first-order valence-corrected chi connectivity index (χ1v) is 7.07. The van der Waals surface area contributed by atoms with Crippen LogP contribution in [-0.2, 0) is 4.79 Å². The molecule has 2 atom stereocenters. The van der Waals surface area contributed by atoms with Crippen molar-refractivity contribution in [3.05, 3.63) is 35.4 Å². The van der Waals surface area contributed by atoms with E-state index in [1.165, 1.54) is 11.0 Å². The third-order valence-corrected chi connectivity index (χ3v) is 3.82. The van der Waals surface area contributed by atoms with Crippen molar-refractivity contribution < 1.29 is 18.7 Å². The molecule has 1 amide bonds. The molecule has 6 heteroatoms. The van der Waals surface area contributed by atoms with Crippen LogP contribution in [0.4, 0.5) is 8.78 Å². The third kappa shape index (κ3) is 3.42. The average molecular weight is 308 g/mol. The van der Waals surface area contributed by atoms with Gasteiger partial charge in [-0.3, -0.25) is 4.79 Å². The van der Waals surface area contributed by atoms with Gasteiger partial charge in [0.05, 0.1) is 23.6 Å². The van der Waals surface area contributed by atoms with Gasteiger partial charge in [0.25, 0.3) is 0 Å². The Kier molecular flexibility index (Phi) is 4.47. The molecule has 118 valence electrons. The minimum Gasteiger partial charge on any atom is -0.391 e. The molecule has 0 saturated carbocycles. The third-order valence-electron chi connectivity index (χ3n) is 3.82. The molecule has 0 aliphatic carbocycles. The van der Waals surface area contributed by atoms with Crippen molar-refractivity contribution in [1.82, 2.24) is 4.90 Å². The van der Waals surface area contributed by atoms with Gasteiger partial charge in [0.1, 0.15) is 0 Å². The van der Waals surface area contributed by atoms with Crippen LogP contribution in [-0.4, -0.2) is 28.6 Å². The largest absolute Gasteiger partial charge is 0.391 e. The lowest BCUT2D eigenvalue weighted by Crippen LogP contribution is -2.34. The highest BCUT2D eigenvalue weighted by Crippen LogP contribution is 2.34. The summed E-state index contributed by atoms with van der Waals surface area (Å²) in [6, 6.07) is 5.03. The fourth-order valence-corrected chi connectivity index (χ4v) is 2.64. The highest BCUT2D eigenvalue weighted by Gasteiger charge is 2.37. The van der Waals surface area contributed by atoms with Crippen LogP contribution in [0.1, 0.15) is 38.3 Å². The smallest absolute Gasteiger partial charge is 0.224 e. The van der Waals surface area contributed by atoms with Crippen molar-refractivity contribution >= 4 is 5.91 Å². The van der Waals surface area contributed by atoms with Crippen LogP contribution in [0.3, 0.4) is 0 Å². The van der Waals surface area contributed by atoms with Crippen LogP contribution in [0.5, 0.6) is 0 Å². The van der Waals surface area contributed by atoms with E-state index < -0.39 is 29.2 Å². The number of nitrogens with zero attached hydrogens (tertiary/aromatic N) is 2. The molecular formula is C16H18F2N2O2. The number of amides is 1. The number of carbonyl (C=O) groups is 1. The second-order valence-corrected chi connectivity index (χ2v) is 6.30. The Balaban J connectivity index is 2.24. The van der Waals surface area contributed by atoms with Crippen LogP contribution in [0.15, 0.2) is 18.2 Å². The maximum absolute atomic E-state index is 13.4. The van der Waals surface area contributed by atoms with Crippen LogP contribution in [0, 0.1) is 28.4 Å². The lowest BCUT2D eigenvalue weighted by atomic mass is 9.90. The van der Waals surface area contributed by atoms with Crippen molar-refractivity contribution in [3.8, 4) is 6.07 Å². The molecular weight excluding hydrogens is 290 g/mol. The molecule has 4 nitrogen and oxygen atoms in total. The van der Waals surface area contributed by atoms with Crippen molar-refractivity contribution in [2.24, 2.45) is 5.41 Å². The Morgan fingerprint density at radius 1 is 1.45 bits per heavy atom. The van der Waals surface area contributed by atoms with E-state index in [1.54, 1.807) is 13.8 Å². The van der Waals surface area contributed by atoms with E-state index in [1.807, 2.05) is 0 Å². The number of hydrogen-bond acceptors (Lipinski definition) is 3. The molecule has 1 aliphatic heterocycles. The van der Waals surface area contributed by atoms with Crippen LogP contribution in [0.25, 0.3) is 0 Å². The van der Waals surface area contributed by atoms with Gasteiger partial charge in [-0.1, -0.05) is 6.07 Å². The summed E-state index contributed by atoms with van der Waals surface area (Å²) >= 11 is 0. The quantitative estimate of drug-likeness (QED) is 0.933. The fraction of sp³-hybridized carbons (Fsp3) is 0.500. The molecule has 0 spiro atoms. The summed E-state index contributed by atoms with van der Waals surface area (Å²) < 4.78 is 26.4. The first-order valence-electron chi connectivity index (χ1n) is 7.07. The number of nitriles is 1. The summed E-state index contributed by atoms with van der Waals surface area (Å²) in [5.41, 5.74) is -0.373. The zero-order valence-electron chi connectivity index (χ0n) is 12.5. The summed E-state index contributed by atoms with van der Waals surface area (Å²) in [6.07, 6.45) is -0.438. The molecule has 0 bridgehead atoms. The molecule has 1 aliphatic rings. The summed E-state index contributed by atoms with van der Waals surface area (Å²) in [4.78, 5) is 13.8. The molecule has 1 saturated heterocycles. The molecule has 0 radical (unpaired) electrons. The molecule has 1 aromatic carbocycles. The second-order valence-electron chi connectivity index (χ2n) is 6.30. The Morgan fingerprint density at radius 2 is 2.14 bits per heavy atom. The summed E-state index contributed by atoms with van der Waals surface area (Å²) in [5.74, 6) is -2.22. The number of hydrogen-bond donors (Lipinski definition) is 1. The van der Waals surface area contributed by atoms with E-state index in [0.29, 0.717) is 5.56 Å². The van der Waals surface area contributed by atoms with Crippen molar-refractivity contribution in [2.75, 3.05) is 6.54 Å². The summed E-state index contributed by atoms with van der Waals surface area (Å²) in [7, 11) is 0. The maximum Gasteiger partial charge on any atom is 0.224 e. The molecule has 1 heterocycles. The molecule has 1 aromatic rings. The lowest BCUT2D eigenvalue weighted by Gasteiger charge is -2.27. The first kappa shape index (κ1) is 16.4. The predicted octanol–water partition coefficient (Wildman–Crippen LogP) is 2.54. The number of benzene rings is 1. The highest BCUT2D eigenvalue weighted by atomic mass is 19.2. The van der Waals surface area contributed by atoms with E-state index in [9.17, 15) is 18.7 Å². The number of aliphatic hydroxyl groups excluding tert-OH is 1. The van der Waals surface area contributed by atoms with Crippen molar-refractivity contribution in [3.63, 3.8) is 0 Å². The zero-order chi connectivity index (χ0) is 16.5. The Labute approximate surface area is 128 Å². The van der Waals surface area contributed by atoms with E-state index >= 15 is 0 Å². The van der Waals surface area contributed by atoms with Crippen LogP contribution < -0.4 is 0 Å². The van der Waals surface area contributed by atoms with Gasteiger partial charge in [0.15, 0.2) is 11.6 Å². The van der Waals surface area contributed by atoms with Gasteiger partial charge in [-0.15, -0.1) is 0 Å². The van der Waals surface area contributed by atoms with Gasteiger partial charge in [0, 0.05) is 13.0 Å². The first-order chi connectivity index (χ1) is 10.2. The van der Waals surface area contributed by atoms with E-state index in [0.717, 1.165) is 12.1 Å². The van der Waals surface area contributed by atoms with Crippen molar-refractivity contribution in [1.29, 1.82) is 5.26 Å². The molecule has 0 aromatic heterocycles. The number of aliphatic hydroxyl groups is 1. The summed E-state index contributed by atoms with van der Waals surface area (Å²) in [6.45, 7) is 3.44. The van der Waals surface area contributed by atoms with E-state index in [-0.39, 0.29) is 25.3 Å². The van der Waals surface area contributed by atoms with Crippen LogP contribution >= 0.6 is 0 Å². The number of halogens is 2. The lowest BCUT2D eigenvalue weighted by molar-refractivity contribution is -0.133. The van der Waals surface area contributed by atoms with Gasteiger partial charge in [-0.25, -0.2) is 8.78 Å². The Hall–Kier alpha value is -2.00. The molecule has 0 unspecified atom stereocenters. The monoisotopic (exact) mass is 308 g/mol. The minimum atomic E-state index is -0.983. The van der Waals surface area contributed by atoms with Gasteiger partial charge in [0.2, 0.25) is 5.91 Å². The topological polar surface area (TPSA) is 64.3 Å². The van der Waals surface area contributed by atoms with E-state index in [2.05, 4.69) is 6.07 Å². The zero-order valence-corrected chi connectivity index (χ0v) is 12.5. The number of β-amino-alcohol motifs (C(OH)–C–C–N with tert-alkyl or cyclic N) is 1. The SMILES string of the molecule is CC(C)(C#N)CC(=O)N1C[C@H](O)C[C@H]1c1ccc(F)c(F)c1. The Morgan fingerprint density at radius 3 is 2.73 bits per heavy atom. The maximum atomic E-state index is 13.4. The van der Waals surface area contributed by atoms with Gasteiger partial charge < -0.3 is 10.0 Å². The fourth-order valence-electron chi connectivity index (χ4n) is 2.64. The Bertz CT molecular complexity index is 625.